The van der Waals surface area contributed by atoms with Crippen molar-refractivity contribution in [3.05, 3.63) is 0 Å². The van der Waals surface area contributed by atoms with Gasteiger partial charge in [-0.1, -0.05) is 12.8 Å². The second kappa shape index (κ2) is 6.19. The van der Waals surface area contributed by atoms with Gasteiger partial charge in [0.2, 0.25) is 5.91 Å². The smallest absolute Gasteiger partial charge is 0.277 e. The Morgan fingerprint density at radius 1 is 1.21 bits per heavy atom. The van der Waals surface area contributed by atoms with Crippen molar-refractivity contribution in [3.8, 4) is 0 Å². The van der Waals surface area contributed by atoms with E-state index in [2.05, 4.69) is 14.8 Å². The van der Waals surface area contributed by atoms with Crippen LogP contribution in [0.2, 0.25) is 0 Å². The van der Waals surface area contributed by atoms with Crippen LogP contribution in [0.15, 0.2) is 0 Å². The quantitative estimate of drug-likeness (QED) is 0.695. The van der Waals surface area contributed by atoms with E-state index in [1.165, 1.54) is 6.92 Å². The van der Waals surface area contributed by atoms with Crippen molar-refractivity contribution in [2.75, 3.05) is 0 Å². The number of hydrogen-bond donors (Lipinski definition) is 3. The Balaban J connectivity index is 2.49. The summed E-state index contributed by atoms with van der Waals surface area (Å²) in [5.41, 5.74) is -0.379. The highest BCUT2D eigenvalue weighted by Crippen LogP contribution is 2.18. The van der Waals surface area contributed by atoms with Crippen LogP contribution in [0.4, 0.5) is 0 Å². The number of nitrogens with one attached hydrogen (secondary N) is 3. The Morgan fingerprint density at radius 2 is 1.74 bits per heavy atom. The van der Waals surface area contributed by atoms with Crippen LogP contribution in [0.1, 0.15) is 53.4 Å². The van der Waals surface area contributed by atoms with Crippen LogP contribution in [-0.4, -0.2) is 31.9 Å². The molecule has 0 aliphatic heterocycles. The van der Waals surface area contributed by atoms with Gasteiger partial charge in [0, 0.05) is 11.6 Å². The van der Waals surface area contributed by atoms with Gasteiger partial charge in [-0.2, -0.15) is 17.9 Å². The maximum absolute atomic E-state index is 11.9. The summed E-state index contributed by atoms with van der Waals surface area (Å²) < 4.78 is 28.7. The summed E-state index contributed by atoms with van der Waals surface area (Å²) in [5, 5.41) is 2.74. The summed E-state index contributed by atoms with van der Waals surface area (Å²) >= 11 is 0. The lowest BCUT2D eigenvalue weighted by Crippen LogP contribution is -2.53. The minimum atomic E-state index is -3.63. The average molecular weight is 291 g/mol. The van der Waals surface area contributed by atoms with E-state index >= 15 is 0 Å². The topological polar surface area (TPSA) is 87.3 Å². The molecule has 1 saturated carbocycles. The highest BCUT2D eigenvalue weighted by molar-refractivity contribution is 7.87. The molecule has 19 heavy (non-hydrogen) atoms. The minimum Gasteiger partial charge on any atom is -0.350 e. The number of hydrogen-bond acceptors (Lipinski definition) is 3. The minimum absolute atomic E-state index is 0.00428. The van der Waals surface area contributed by atoms with Crippen molar-refractivity contribution in [2.45, 2.75) is 71.0 Å². The van der Waals surface area contributed by atoms with Crippen LogP contribution in [0.5, 0.6) is 0 Å². The molecular weight excluding hydrogens is 266 g/mol. The maximum atomic E-state index is 11.9. The molecule has 1 atom stereocenters. The first-order valence-corrected chi connectivity index (χ1v) is 8.19. The number of rotatable bonds is 5. The van der Waals surface area contributed by atoms with Gasteiger partial charge in [-0.3, -0.25) is 4.79 Å². The van der Waals surface area contributed by atoms with E-state index in [4.69, 9.17) is 0 Å². The van der Waals surface area contributed by atoms with Gasteiger partial charge in [-0.15, -0.1) is 0 Å². The zero-order valence-electron chi connectivity index (χ0n) is 12.1. The third kappa shape index (κ3) is 6.35. The fourth-order valence-electron chi connectivity index (χ4n) is 2.06. The predicted molar refractivity (Wildman–Crippen MR) is 74.8 cm³/mol. The second-order valence-corrected chi connectivity index (χ2v) is 7.66. The van der Waals surface area contributed by atoms with Gasteiger partial charge in [0.1, 0.15) is 0 Å². The van der Waals surface area contributed by atoms with Gasteiger partial charge in [0.05, 0.1) is 6.04 Å². The van der Waals surface area contributed by atoms with Crippen molar-refractivity contribution in [1.82, 2.24) is 14.8 Å². The summed E-state index contributed by atoms with van der Waals surface area (Å²) in [6, 6.07) is -0.798. The van der Waals surface area contributed by atoms with Gasteiger partial charge in [-0.05, 0) is 40.5 Å². The summed E-state index contributed by atoms with van der Waals surface area (Å²) in [6.07, 6.45) is 3.83. The number of carbonyl (C=O) groups excluding carboxylic acids is 1. The van der Waals surface area contributed by atoms with Crippen LogP contribution >= 0.6 is 0 Å². The Morgan fingerprint density at radius 3 is 2.21 bits per heavy atom. The molecule has 0 aromatic rings. The maximum Gasteiger partial charge on any atom is 0.277 e. The molecular formula is C12H25N3O3S. The molecule has 0 saturated heterocycles. The van der Waals surface area contributed by atoms with Crippen molar-refractivity contribution in [3.63, 3.8) is 0 Å². The van der Waals surface area contributed by atoms with E-state index in [0.717, 1.165) is 25.7 Å². The summed E-state index contributed by atoms with van der Waals surface area (Å²) in [5.74, 6) is -0.329. The van der Waals surface area contributed by atoms with Crippen molar-refractivity contribution < 1.29 is 13.2 Å². The Hall–Kier alpha value is -0.660. The third-order valence-corrected chi connectivity index (χ3v) is 4.21. The third-order valence-electron chi connectivity index (χ3n) is 2.90. The molecule has 0 heterocycles. The fraction of sp³-hybridized carbons (Fsp3) is 0.917. The summed E-state index contributed by atoms with van der Waals surface area (Å²) in [7, 11) is -3.63. The molecule has 1 amide bonds. The Kier molecular flexibility index (Phi) is 5.34. The standard InChI is InChI=1S/C12H25N3O3S/c1-9(11(16)13-12(2,3)4)14-19(17,18)15-10-7-5-6-8-10/h9-10,14-15H,5-8H2,1-4H3,(H,13,16)/t9-/m0/s1. The van der Waals surface area contributed by atoms with Gasteiger partial charge < -0.3 is 5.32 Å². The highest BCUT2D eigenvalue weighted by Gasteiger charge is 2.26. The molecule has 3 N–H and O–H groups in total. The molecule has 7 heteroatoms. The lowest BCUT2D eigenvalue weighted by atomic mass is 10.1. The molecule has 0 spiro atoms. The van der Waals surface area contributed by atoms with Gasteiger partial charge in [0.15, 0.2) is 0 Å². The Bertz CT molecular complexity index is 408. The SMILES string of the molecule is C[C@H](NS(=O)(=O)NC1CCCC1)C(=O)NC(C)(C)C. The zero-order chi connectivity index (χ0) is 14.7. The normalized spacial score (nSPS) is 19.4. The van der Waals surface area contributed by atoms with E-state index in [1.807, 2.05) is 20.8 Å². The van der Waals surface area contributed by atoms with E-state index < -0.39 is 16.3 Å². The first kappa shape index (κ1) is 16.4. The van der Waals surface area contributed by atoms with Crippen LogP contribution in [0.25, 0.3) is 0 Å². The summed E-state index contributed by atoms with van der Waals surface area (Å²) in [4.78, 5) is 11.8. The molecule has 1 rings (SSSR count). The van der Waals surface area contributed by atoms with Crippen LogP contribution < -0.4 is 14.8 Å². The number of carbonyl (C=O) groups is 1. The van der Waals surface area contributed by atoms with Gasteiger partial charge >= 0.3 is 0 Å². The first-order valence-electron chi connectivity index (χ1n) is 6.71. The highest BCUT2D eigenvalue weighted by atomic mass is 32.2. The Labute approximate surface area is 115 Å². The molecule has 112 valence electrons. The summed E-state index contributed by atoms with van der Waals surface area (Å²) in [6.45, 7) is 7.09. The van der Waals surface area contributed by atoms with Crippen molar-refractivity contribution >= 4 is 16.1 Å². The largest absolute Gasteiger partial charge is 0.350 e. The molecule has 0 aromatic heterocycles. The zero-order valence-corrected chi connectivity index (χ0v) is 12.9. The lowest BCUT2D eigenvalue weighted by molar-refractivity contribution is -0.123. The van der Waals surface area contributed by atoms with E-state index in [-0.39, 0.29) is 17.5 Å². The van der Waals surface area contributed by atoms with E-state index in [1.54, 1.807) is 0 Å². The predicted octanol–water partition coefficient (Wildman–Crippen LogP) is 0.656. The van der Waals surface area contributed by atoms with Crippen molar-refractivity contribution in [2.24, 2.45) is 0 Å². The molecule has 0 aromatic carbocycles. The monoisotopic (exact) mass is 291 g/mol. The average Bonchev–Trinajstić information content (AvgIpc) is 2.65. The van der Waals surface area contributed by atoms with Gasteiger partial charge in [-0.25, -0.2) is 0 Å². The molecule has 1 fully saturated rings. The molecule has 0 unspecified atom stereocenters. The van der Waals surface area contributed by atoms with Crippen LogP contribution in [0, 0.1) is 0 Å². The first-order chi connectivity index (χ1) is 8.59. The lowest BCUT2D eigenvalue weighted by Gasteiger charge is -2.24. The fourth-order valence-corrected chi connectivity index (χ4v) is 3.38. The van der Waals surface area contributed by atoms with Crippen LogP contribution in [-0.2, 0) is 15.0 Å². The van der Waals surface area contributed by atoms with Gasteiger partial charge in [0.25, 0.3) is 10.2 Å². The molecule has 1 aliphatic carbocycles. The molecule has 0 radical (unpaired) electrons. The molecule has 6 nitrogen and oxygen atoms in total. The molecule has 1 aliphatic rings. The van der Waals surface area contributed by atoms with E-state index in [9.17, 15) is 13.2 Å². The second-order valence-electron chi connectivity index (χ2n) is 6.18. The van der Waals surface area contributed by atoms with Crippen molar-refractivity contribution in [1.29, 1.82) is 0 Å². The molecule has 0 bridgehead atoms. The van der Waals surface area contributed by atoms with E-state index in [0.29, 0.717) is 0 Å². The van der Waals surface area contributed by atoms with Crippen LogP contribution in [0.3, 0.4) is 0 Å². The number of amides is 1.